The lowest BCUT2D eigenvalue weighted by Gasteiger charge is -2.30. The van der Waals surface area contributed by atoms with Gasteiger partial charge in [-0.1, -0.05) is 20.8 Å². The van der Waals surface area contributed by atoms with E-state index in [-0.39, 0.29) is 17.2 Å². The van der Waals surface area contributed by atoms with E-state index in [0.29, 0.717) is 13.0 Å². The molecule has 17 heavy (non-hydrogen) atoms. The monoisotopic (exact) mass is 240 g/mol. The second-order valence-corrected chi connectivity index (χ2v) is 6.53. The lowest BCUT2D eigenvalue weighted by molar-refractivity contribution is -0.137. The number of carbonyl (C=O) groups is 2. The van der Waals surface area contributed by atoms with E-state index in [1.165, 1.54) is 0 Å². The van der Waals surface area contributed by atoms with Crippen molar-refractivity contribution >= 4 is 11.8 Å². The van der Waals surface area contributed by atoms with Gasteiger partial charge in [0.15, 0.2) is 0 Å². The Hall–Kier alpha value is -1.06. The molecule has 1 N–H and O–H groups in total. The van der Waals surface area contributed by atoms with Gasteiger partial charge in [0.2, 0.25) is 11.8 Å². The molecule has 2 amide bonds. The molecule has 0 aliphatic carbocycles. The summed E-state index contributed by atoms with van der Waals surface area (Å²) in [5.74, 6) is -0.0193. The average Bonchev–Trinajstić information content (AvgIpc) is 2.22. The number of hydrogen-bond donors (Lipinski definition) is 1. The number of nitrogens with zero attached hydrogens (tertiary/aromatic N) is 1. The molecule has 1 aliphatic heterocycles. The molecule has 0 aromatic heterocycles. The Bertz CT molecular complexity index is 316. The van der Waals surface area contributed by atoms with Crippen LogP contribution in [0.3, 0.4) is 0 Å². The van der Waals surface area contributed by atoms with Crippen LogP contribution in [0.25, 0.3) is 0 Å². The summed E-state index contributed by atoms with van der Waals surface area (Å²) in [6, 6.07) is 0. The van der Waals surface area contributed by atoms with E-state index in [0.717, 1.165) is 13.0 Å². The van der Waals surface area contributed by atoms with Gasteiger partial charge in [-0.05, 0) is 25.7 Å². The Morgan fingerprint density at radius 3 is 2.41 bits per heavy atom. The highest BCUT2D eigenvalue weighted by molar-refractivity contribution is 5.92. The molecule has 98 valence electrons. The van der Waals surface area contributed by atoms with Crippen LogP contribution in [0.15, 0.2) is 0 Å². The molecule has 0 bridgehead atoms. The predicted molar refractivity (Wildman–Crippen MR) is 67.5 cm³/mol. The Labute approximate surface area is 104 Å². The molecule has 0 atom stereocenters. The highest BCUT2D eigenvalue weighted by Gasteiger charge is 2.36. The summed E-state index contributed by atoms with van der Waals surface area (Å²) in [6.45, 7) is 11.3. The molecular formula is C13H24N2O2. The van der Waals surface area contributed by atoms with Crippen molar-refractivity contribution in [2.75, 3.05) is 13.1 Å². The highest BCUT2D eigenvalue weighted by Crippen LogP contribution is 2.21. The zero-order valence-corrected chi connectivity index (χ0v) is 11.6. The van der Waals surface area contributed by atoms with Crippen molar-refractivity contribution in [1.82, 2.24) is 10.2 Å². The molecule has 1 fully saturated rings. The molecule has 1 aliphatic rings. The average molecular weight is 240 g/mol. The number of hydrogen-bond acceptors (Lipinski definition) is 2. The predicted octanol–water partition coefficient (Wildman–Crippen LogP) is 1.55. The molecule has 4 nitrogen and oxygen atoms in total. The maximum absolute atomic E-state index is 12.2. The van der Waals surface area contributed by atoms with Gasteiger partial charge < -0.3 is 10.2 Å². The van der Waals surface area contributed by atoms with Crippen LogP contribution in [0, 0.1) is 5.41 Å². The first-order chi connectivity index (χ1) is 7.62. The van der Waals surface area contributed by atoms with Crippen LogP contribution in [-0.2, 0) is 9.59 Å². The van der Waals surface area contributed by atoms with E-state index in [4.69, 9.17) is 0 Å². The molecular weight excluding hydrogens is 216 g/mol. The van der Waals surface area contributed by atoms with Crippen molar-refractivity contribution in [3.8, 4) is 0 Å². The van der Waals surface area contributed by atoms with Gasteiger partial charge in [-0.15, -0.1) is 0 Å². The fourth-order valence-corrected chi connectivity index (χ4v) is 1.88. The van der Waals surface area contributed by atoms with Crippen molar-refractivity contribution < 1.29 is 9.59 Å². The van der Waals surface area contributed by atoms with Crippen molar-refractivity contribution in [1.29, 1.82) is 0 Å². The Morgan fingerprint density at radius 2 is 1.88 bits per heavy atom. The van der Waals surface area contributed by atoms with Crippen LogP contribution < -0.4 is 5.32 Å². The van der Waals surface area contributed by atoms with Crippen molar-refractivity contribution in [2.24, 2.45) is 5.41 Å². The lowest BCUT2D eigenvalue weighted by Crippen LogP contribution is -2.53. The van der Waals surface area contributed by atoms with Crippen molar-refractivity contribution in [3.05, 3.63) is 0 Å². The fourth-order valence-electron chi connectivity index (χ4n) is 1.88. The number of nitrogens with one attached hydrogen (secondary N) is 1. The molecule has 0 radical (unpaired) electrons. The van der Waals surface area contributed by atoms with Crippen LogP contribution in [0.1, 0.15) is 47.5 Å². The molecule has 0 unspecified atom stereocenters. The largest absolute Gasteiger partial charge is 0.342 e. The maximum atomic E-state index is 12.2. The van der Waals surface area contributed by atoms with Crippen LogP contribution in [0.5, 0.6) is 0 Å². The Kier molecular flexibility index (Phi) is 3.84. The Balaban J connectivity index is 2.71. The van der Waals surface area contributed by atoms with Gasteiger partial charge in [0.25, 0.3) is 0 Å². The van der Waals surface area contributed by atoms with E-state index in [2.05, 4.69) is 26.1 Å². The Morgan fingerprint density at radius 1 is 1.29 bits per heavy atom. The van der Waals surface area contributed by atoms with Gasteiger partial charge in [-0.25, -0.2) is 0 Å². The normalized spacial score (nSPS) is 21.1. The van der Waals surface area contributed by atoms with E-state index in [1.54, 1.807) is 13.8 Å². The summed E-state index contributed by atoms with van der Waals surface area (Å²) < 4.78 is 0. The molecule has 0 saturated carbocycles. The molecule has 0 aromatic rings. The number of carbonyl (C=O) groups excluding carboxylic acids is 2. The topological polar surface area (TPSA) is 49.4 Å². The van der Waals surface area contributed by atoms with E-state index in [9.17, 15) is 9.59 Å². The minimum absolute atomic E-state index is 0.0209. The first kappa shape index (κ1) is 14.0. The standard InChI is InChI=1S/C13H24N2O2/c1-12(2,3)7-9-15-8-6-10(16)14-13(4,5)11(15)17/h6-9H2,1-5H3,(H,14,16). The highest BCUT2D eigenvalue weighted by atomic mass is 16.2. The van der Waals surface area contributed by atoms with Crippen LogP contribution in [-0.4, -0.2) is 35.3 Å². The first-order valence-electron chi connectivity index (χ1n) is 6.22. The van der Waals surface area contributed by atoms with E-state index < -0.39 is 5.54 Å². The first-order valence-corrected chi connectivity index (χ1v) is 6.22. The summed E-state index contributed by atoms with van der Waals surface area (Å²) in [5.41, 5.74) is -0.570. The summed E-state index contributed by atoms with van der Waals surface area (Å²) >= 11 is 0. The van der Waals surface area contributed by atoms with Crippen molar-refractivity contribution in [2.45, 2.75) is 53.0 Å². The minimum atomic E-state index is -0.772. The molecule has 0 aromatic carbocycles. The summed E-state index contributed by atoms with van der Waals surface area (Å²) in [6.07, 6.45) is 1.35. The third-order valence-corrected chi connectivity index (χ3v) is 3.01. The summed E-state index contributed by atoms with van der Waals surface area (Å²) in [5, 5.41) is 2.76. The minimum Gasteiger partial charge on any atom is -0.342 e. The molecule has 1 rings (SSSR count). The maximum Gasteiger partial charge on any atom is 0.247 e. The third kappa shape index (κ3) is 4.02. The SMILES string of the molecule is CC(C)(C)CCN1CCC(=O)NC(C)(C)C1=O. The van der Waals surface area contributed by atoms with Gasteiger partial charge in [0.1, 0.15) is 5.54 Å². The molecule has 4 heteroatoms. The van der Waals surface area contributed by atoms with Gasteiger partial charge in [-0.2, -0.15) is 0 Å². The summed E-state index contributed by atoms with van der Waals surface area (Å²) in [4.78, 5) is 25.6. The fraction of sp³-hybridized carbons (Fsp3) is 0.846. The molecule has 1 heterocycles. The smallest absolute Gasteiger partial charge is 0.247 e. The second-order valence-electron chi connectivity index (χ2n) is 6.53. The quantitative estimate of drug-likeness (QED) is 0.796. The van der Waals surface area contributed by atoms with E-state index >= 15 is 0 Å². The van der Waals surface area contributed by atoms with Gasteiger partial charge >= 0.3 is 0 Å². The van der Waals surface area contributed by atoms with Gasteiger partial charge in [-0.3, -0.25) is 9.59 Å². The summed E-state index contributed by atoms with van der Waals surface area (Å²) in [7, 11) is 0. The number of amides is 2. The zero-order valence-electron chi connectivity index (χ0n) is 11.6. The van der Waals surface area contributed by atoms with Gasteiger partial charge in [0, 0.05) is 19.5 Å². The molecule has 1 saturated heterocycles. The molecule has 0 spiro atoms. The van der Waals surface area contributed by atoms with Crippen LogP contribution in [0.4, 0.5) is 0 Å². The van der Waals surface area contributed by atoms with Crippen LogP contribution in [0.2, 0.25) is 0 Å². The zero-order chi connectivity index (χ0) is 13.3. The van der Waals surface area contributed by atoms with Crippen LogP contribution >= 0.6 is 0 Å². The number of rotatable bonds is 2. The van der Waals surface area contributed by atoms with Crippen molar-refractivity contribution in [3.63, 3.8) is 0 Å². The lowest BCUT2D eigenvalue weighted by atomic mass is 9.92. The van der Waals surface area contributed by atoms with Gasteiger partial charge in [0.05, 0.1) is 0 Å². The second kappa shape index (κ2) is 4.67. The van der Waals surface area contributed by atoms with E-state index in [1.807, 2.05) is 4.90 Å². The third-order valence-electron chi connectivity index (χ3n) is 3.01.